The van der Waals surface area contributed by atoms with Crippen LogP contribution in [0, 0.1) is 5.82 Å². The summed E-state index contributed by atoms with van der Waals surface area (Å²) in [6.07, 6.45) is 2.15. The number of nitrogens with one attached hydrogen (secondary N) is 1. The number of amides is 1. The summed E-state index contributed by atoms with van der Waals surface area (Å²) in [6.45, 7) is 3.86. The van der Waals surface area contributed by atoms with Gasteiger partial charge in [-0.1, -0.05) is 13.8 Å². The van der Waals surface area contributed by atoms with Gasteiger partial charge in [0.05, 0.1) is 17.6 Å². The second-order valence-electron chi connectivity index (χ2n) is 5.56. The van der Waals surface area contributed by atoms with Crippen LogP contribution in [0.2, 0.25) is 0 Å². The number of hydrogen-bond acceptors (Lipinski definition) is 6. The Morgan fingerprint density at radius 3 is 2.44 bits per heavy atom. The average molecular weight is 421 g/mol. The largest absolute Gasteiger partial charge is 0.467 e. The van der Waals surface area contributed by atoms with Crippen molar-refractivity contribution in [2.75, 3.05) is 32.2 Å². The highest BCUT2D eigenvalue weighted by Crippen LogP contribution is 2.19. The molecule has 1 atom stereocenters. The number of carbonyl (C=O) groups is 2. The van der Waals surface area contributed by atoms with Gasteiger partial charge >= 0.3 is 5.97 Å². The maximum Gasteiger partial charge on any atom is 0.328 e. The second kappa shape index (κ2) is 10.6. The van der Waals surface area contributed by atoms with Crippen LogP contribution in [0.4, 0.5) is 4.39 Å². The molecule has 1 rings (SSSR count). The van der Waals surface area contributed by atoms with Crippen molar-refractivity contribution >= 4 is 33.7 Å². The summed E-state index contributed by atoms with van der Waals surface area (Å²) in [4.78, 5) is 24.1. The third-order valence-corrected chi connectivity index (χ3v) is 6.62. The number of esters is 1. The number of ether oxygens (including phenoxy) is 1. The van der Waals surface area contributed by atoms with Crippen molar-refractivity contribution in [1.29, 1.82) is 0 Å². The quantitative estimate of drug-likeness (QED) is 0.581. The van der Waals surface area contributed by atoms with Crippen molar-refractivity contribution in [3.63, 3.8) is 0 Å². The van der Waals surface area contributed by atoms with Crippen LogP contribution in [0.1, 0.15) is 30.6 Å². The molecular formula is C17H25FN2O5S2. The predicted molar refractivity (Wildman–Crippen MR) is 103 cm³/mol. The topological polar surface area (TPSA) is 92.8 Å². The first-order valence-electron chi connectivity index (χ1n) is 8.40. The van der Waals surface area contributed by atoms with Crippen molar-refractivity contribution in [3.8, 4) is 0 Å². The normalized spacial score (nSPS) is 12.7. The molecule has 0 saturated heterocycles. The third kappa shape index (κ3) is 5.91. The van der Waals surface area contributed by atoms with E-state index in [-0.39, 0.29) is 18.0 Å². The van der Waals surface area contributed by atoms with E-state index >= 15 is 0 Å². The molecule has 0 aliphatic rings. The first kappa shape index (κ1) is 23.4. The highest BCUT2D eigenvalue weighted by Gasteiger charge is 2.26. The third-order valence-electron chi connectivity index (χ3n) is 3.93. The van der Waals surface area contributed by atoms with Crippen LogP contribution < -0.4 is 5.32 Å². The van der Waals surface area contributed by atoms with Crippen molar-refractivity contribution in [3.05, 3.63) is 29.6 Å². The fourth-order valence-electron chi connectivity index (χ4n) is 2.41. The van der Waals surface area contributed by atoms with Crippen molar-refractivity contribution in [1.82, 2.24) is 9.62 Å². The summed E-state index contributed by atoms with van der Waals surface area (Å²) in [7, 11) is -2.65. The van der Waals surface area contributed by atoms with E-state index in [9.17, 15) is 22.4 Å². The van der Waals surface area contributed by atoms with Crippen molar-refractivity contribution in [2.24, 2.45) is 0 Å². The molecule has 0 spiro atoms. The molecule has 0 radical (unpaired) electrons. The van der Waals surface area contributed by atoms with Crippen LogP contribution in [-0.2, 0) is 19.6 Å². The lowest BCUT2D eigenvalue weighted by Gasteiger charge is -2.19. The van der Waals surface area contributed by atoms with Gasteiger partial charge in [-0.05, 0) is 36.6 Å². The van der Waals surface area contributed by atoms with Crippen molar-refractivity contribution in [2.45, 2.75) is 31.2 Å². The van der Waals surface area contributed by atoms with Gasteiger partial charge in [0.15, 0.2) is 0 Å². The maximum absolute atomic E-state index is 14.2. The Morgan fingerprint density at radius 2 is 1.93 bits per heavy atom. The summed E-state index contributed by atoms with van der Waals surface area (Å²) < 4.78 is 45.2. The van der Waals surface area contributed by atoms with Gasteiger partial charge in [-0.25, -0.2) is 17.6 Å². The van der Waals surface area contributed by atoms with Gasteiger partial charge in [0.25, 0.3) is 5.91 Å². The number of thioether (sulfide) groups is 1. The first-order valence-corrected chi connectivity index (χ1v) is 11.2. The molecule has 1 N–H and O–H groups in total. The first-order chi connectivity index (χ1) is 12.7. The van der Waals surface area contributed by atoms with Gasteiger partial charge in [0.1, 0.15) is 11.9 Å². The smallest absolute Gasteiger partial charge is 0.328 e. The molecule has 0 aliphatic heterocycles. The predicted octanol–water partition coefficient (Wildman–Crippen LogP) is 1.88. The zero-order chi connectivity index (χ0) is 20.6. The number of rotatable bonds is 10. The fraction of sp³-hybridized carbons (Fsp3) is 0.529. The molecule has 27 heavy (non-hydrogen) atoms. The zero-order valence-corrected chi connectivity index (χ0v) is 17.5. The molecule has 1 aromatic rings. The van der Waals surface area contributed by atoms with Gasteiger partial charge < -0.3 is 10.1 Å². The molecule has 0 aliphatic carbocycles. The minimum Gasteiger partial charge on any atom is -0.467 e. The molecular weight excluding hydrogens is 395 g/mol. The lowest BCUT2D eigenvalue weighted by atomic mass is 10.1. The highest BCUT2D eigenvalue weighted by molar-refractivity contribution is 7.98. The van der Waals surface area contributed by atoms with E-state index in [1.54, 1.807) is 13.8 Å². The summed E-state index contributed by atoms with van der Waals surface area (Å²) in [5.41, 5.74) is -0.443. The molecule has 1 amide bonds. The molecule has 10 heteroatoms. The van der Waals surface area contributed by atoms with E-state index in [1.165, 1.54) is 23.2 Å². The molecule has 0 unspecified atom stereocenters. The lowest BCUT2D eigenvalue weighted by Crippen LogP contribution is -2.42. The Labute approximate surface area is 163 Å². The number of nitrogens with zero attached hydrogens (tertiary/aromatic N) is 1. The minimum absolute atomic E-state index is 0.184. The highest BCUT2D eigenvalue weighted by atomic mass is 32.2. The van der Waals surface area contributed by atoms with Gasteiger partial charge in [0, 0.05) is 13.1 Å². The van der Waals surface area contributed by atoms with Crippen LogP contribution >= 0.6 is 11.8 Å². The monoisotopic (exact) mass is 420 g/mol. The average Bonchev–Trinajstić information content (AvgIpc) is 2.65. The molecule has 7 nitrogen and oxygen atoms in total. The lowest BCUT2D eigenvalue weighted by molar-refractivity contribution is -0.142. The molecule has 1 aromatic carbocycles. The summed E-state index contributed by atoms with van der Waals surface area (Å²) >= 11 is 1.48. The molecule has 0 heterocycles. The van der Waals surface area contributed by atoms with Crippen LogP contribution in [0.3, 0.4) is 0 Å². The Kier molecular flexibility index (Phi) is 9.20. The molecule has 152 valence electrons. The Hall–Kier alpha value is -1.65. The molecule has 0 fully saturated rings. The second-order valence-corrected chi connectivity index (χ2v) is 8.49. The Morgan fingerprint density at radius 1 is 1.30 bits per heavy atom. The van der Waals surface area contributed by atoms with Crippen molar-refractivity contribution < 1.29 is 27.1 Å². The van der Waals surface area contributed by atoms with E-state index < -0.39 is 39.3 Å². The van der Waals surface area contributed by atoms with Crippen LogP contribution in [0.25, 0.3) is 0 Å². The minimum atomic E-state index is -3.85. The Balaban J connectivity index is 3.18. The number of carbonyl (C=O) groups excluding carboxylic acids is 2. The van der Waals surface area contributed by atoms with Gasteiger partial charge in [-0.3, -0.25) is 4.79 Å². The Bertz CT molecular complexity index is 767. The fourth-order valence-corrected chi connectivity index (χ4v) is 4.37. The van der Waals surface area contributed by atoms with Crippen LogP contribution in [0.15, 0.2) is 23.1 Å². The number of hydrogen-bond donors (Lipinski definition) is 1. The van der Waals surface area contributed by atoms with E-state index in [2.05, 4.69) is 10.1 Å². The van der Waals surface area contributed by atoms with Gasteiger partial charge in [0.2, 0.25) is 10.0 Å². The van der Waals surface area contributed by atoms with E-state index in [1.807, 2.05) is 6.26 Å². The van der Waals surface area contributed by atoms with E-state index in [4.69, 9.17) is 0 Å². The van der Waals surface area contributed by atoms with Crippen LogP contribution in [-0.4, -0.2) is 62.8 Å². The van der Waals surface area contributed by atoms with Gasteiger partial charge in [-0.15, -0.1) is 0 Å². The number of benzene rings is 1. The zero-order valence-electron chi connectivity index (χ0n) is 15.8. The summed E-state index contributed by atoms with van der Waals surface area (Å²) in [5.74, 6) is -1.82. The summed E-state index contributed by atoms with van der Waals surface area (Å²) in [5, 5.41) is 2.42. The standard InChI is InChI=1S/C17H25FN2O5S2/c1-5-20(6-2)27(23,24)12-7-8-14(18)13(11-12)16(21)19-15(9-10-26-4)17(22)25-3/h7-8,11,15H,5-6,9-10H2,1-4H3,(H,19,21)/t15-/m1/s1. The number of halogens is 1. The SMILES string of the molecule is CCN(CC)S(=O)(=O)c1ccc(F)c(C(=O)N[C@H](CCSC)C(=O)OC)c1. The van der Waals surface area contributed by atoms with Crippen LogP contribution in [0.5, 0.6) is 0 Å². The summed E-state index contributed by atoms with van der Waals surface area (Å²) in [6, 6.07) is 2.09. The van der Waals surface area contributed by atoms with E-state index in [0.29, 0.717) is 12.2 Å². The maximum atomic E-state index is 14.2. The number of sulfonamides is 1. The van der Waals surface area contributed by atoms with E-state index in [0.717, 1.165) is 18.2 Å². The molecule has 0 aromatic heterocycles. The van der Waals surface area contributed by atoms with Gasteiger partial charge in [-0.2, -0.15) is 16.1 Å². The molecule has 0 bridgehead atoms. The number of methoxy groups -OCH3 is 1. The molecule has 0 saturated carbocycles.